The maximum Gasteiger partial charge on any atom is 0.160 e. The topological polar surface area (TPSA) is 75.3 Å². The molecule has 2 heterocycles. The number of hydrogen-bond acceptors (Lipinski definition) is 5. The Labute approximate surface area is 279 Å². The summed E-state index contributed by atoms with van der Waals surface area (Å²) in [6.07, 6.45) is 3.36. The van der Waals surface area contributed by atoms with Crippen LogP contribution in [0.5, 0.6) is 0 Å². The number of nitrogens with zero attached hydrogens (tertiary/aromatic N) is 5. The van der Waals surface area contributed by atoms with Crippen molar-refractivity contribution in [3.8, 4) is 73.6 Å². The Hall–Kier alpha value is -6.77. The Morgan fingerprint density at radius 2 is 0.875 bits per heavy atom. The molecule has 0 radical (unpaired) electrons. The first-order valence-corrected chi connectivity index (χ1v) is 15.5. The van der Waals surface area contributed by atoms with Crippen LogP contribution in [0.25, 0.3) is 79.7 Å². The second-order valence-corrected chi connectivity index (χ2v) is 11.1. The van der Waals surface area contributed by atoms with Crippen molar-refractivity contribution in [3.63, 3.8) is 0 Å². The highest BCUT2D eigenvalue weighted by Crippen LogP contribution is 2.35. The lowest BCUT2D eigenvalue weighted by Crippen LogP contribution is -2.00. The zero-order valence-electron chi connectivity index (χ0n) is 26.1. The summed E-state index contributed by atoms with van der Waals surface area (Å²) in [5.41, 5.74) is 11.6. The van der Waals surface area contributed by atoms with Gasteiger partial charge in [0.2, 0.25) is 0 Å². The van der Waals surface area contributed by atoms with Crippen LogP contribution in [0, 0.1) is 11.3 Å². The second-order valence-electron chi connectivity index (χ2n) is 11.1. The van der Waals surface area contributed by atoms with E-state index < -0.39 is 0 Å². The standard InChI is InChI=1S/C43H29N5/c1-3-37-38(4-2)46-42(41(45-37)34-21-11-14-29(24-34)28-44)35-22-12-19-32(25-35)33-20-13-23-36(26-33)43-47-39(30-15-7-5-8-16-30)27-40(48-43)31-17-9-6-10-18-31/h3-27H,1-2H2. The number of nitriles is 1. The van der Waals surface area contributed by atoms with Gasteiger partial charge in [-0.15, -0.1) is 0 Å². The van der Waals surface area contributed by atoms with E-state index in [-0.39, 0.29) is 0 Å². The molecule has 0 spiro atoms. The molecule has 5 aromatic carbocycles. The van der Waals surface area contributed by atoms with Crippen LogP contribution in [0.1, 0.15) is 17.0 Å². The number of benzene rings is 5. The maximum absolute atomic E-state index is 9.57. The zero-order valence-corrected chi connectivity index (χ0v) is 26.1. The van der Waals surface area contributed by atoms with Crippen molar-refractivity contribution in [2.45, 2.75) is 0 Å². The molecule has 7 rings (SSSR count). The predicted octanol–water partition coefficient (Wildman–Crippen LogP) is 10.4. The Morgan fingerprint density at radius 3 is 1.40 bits per heavy atom. The minimum atomic E-state index is 0.549. The minimum Gasteiger partial charge on any atom is -0.244 e. The van der Waals surface area contributed by atoms with Gasteiger partial charge in [-0.2, -0.15) is 5.26 Å². The van der Waals surface area contributed by atoms with Crippen molar-refractivity contribution in [2.24, 2.45) is 0 Å². The van der Waals surface area contributed by atoms with E-state index in [4.69, 9.17) is 19.9 Å². The van der Waals surface area contributed by atoms with Crippen molar-refractivity contribution < 1.29 is 0 Å². The van der Waals surface area contributed by atoms with Crippen molar-refractivity contribution in [2.75, 3.05) is 0 Å². The average Bonchev–Trinajstić information content (AvgIpc) is 3.18. The van der Waals surface area contributed by atoms with Gasteiger partial charge in [-0.1, -0.05) is 122 Å². The molecule has 0 atom stereocenters. The molecule has 5 nitrogen and oxygen atoms in total. The van der Waals surface area contributed by atoms with E-state index in [1.54, 1.807) is 18.2 Å². The summed E-state index contributed by atoms with van der Waals surface area (Å²) in [6, 6.07) is 48.5. The van der Waals surface area contributed by atoms with Crippen LogP contribution in [-0.4, -0.2) is 19.9 Å². The largest absolute Gasteiger partial charge is 0.244 e. The van der Waals surface area contributed by atoms with E-state index in [2.05, 4.69) is 67.8 Å². The maximum atomic E-state index is 9.57. The summed E-state index contributed by atoms with van der Waals surface area (Å²) < 4.78 is 0. The molecule has 0 fully saturated rings. The third-order valence-electron chi connectivity index (χ3n) is 8.06. The highest BCUT2D eigenvalue weighted by molar-refractivity contribution is 5.83. The molecular weight excluding hydrogens is 587 g/mol. The lowest BCUT2D eigenvalue weighted by Gasteiger charge is -2.14. The molecule has 2 aromatic heterocycles. The fourth-order valence-electron chi connectivity index (χ4n) is 5.67. The van der Waals surface area contributed by atoms with E-state index >= 15 is 0 Å². The Kier molecular flexibility index (Phi) is 8.29. The van der Waals surface area contributed by atoms with Gasteiger partial charge in [0.05, 0.1) is 45.8 Å². The lowest BCUT2D eigenvalue weighted by molar-refractivity contribution is 1.17. The van der Waals surface area contributed by atoms with Crippen molar-refractivity contribution >= 4 is 12.2 Å². The summed E-state index contributed by atoms with van der Waals surface area (Å²) in [5.74, 6) is 0.648. The zero-order chi connectivity index (χ0) is 32.9. The lowest BCUT2D eigenvalue weighted by atomic mass is 9.97. The summed E-state index contributed by atoms with van der Waals surface area (Å²) >= 11 is 0. The van der Waals surface area contributed by atoms with E-state index in [1.807, 2.05) is 84.9 Å². The third-order valence-corrected chi connectivity index (χ3v) is 8.06. The molecule has 48 heavy (non-hydrogen) atoms. The molecule has 0 saturated carbocycles. The van der Waals surface area contributed by atoms with Crippen LogP contribution in [0.3, 0.4) is 0 Å². The monoisotopic (exact) mass is 615 g/mol. The summed E-state index contributed by atoms with van der Waals surface area (Å²) in [6.45, 7) is 7.88. The van der Waals surface area contributed by atoms with E-state index in [0.29, 0.717) is 34.2 Å². The van der Waals surface area contributed by atoms with Crippen LogP contribution in [0.15, 0.2) is 153 Å². The van der Waals surface area contributed by atoms with Crippen molar-refractivity contribution in [3.05, 3.63) is 170 Å². The molecule has 0 saturated heterocycles. The molecular formula is C43H29N5. The Morgan fingerprint density at radius 1 is 0.438 bits per heavy atom. The summed E-state index contributed by atoms with van der Waals surface area (Å²) in [4.78, 5) is 20.0. The van der Waals surface area contributed by atoms with Crippen LogP contribution in [0.4, 0.5) is 0 Å². The first-order valence-electron chi connectivity index (χ1n) is 15.5. The molecule has 226 valence electrons. The normalized spacial score (nSPS) is 10.6. The highest BCUT2D eigenvalue weighted by Gasteiger charge is 2.17. The fourth-order valence-corrected chi connectivity index (χ4v) is 5.67. The van der Waals surface area contributed by atoms with Crippen LogP contribution in [0.2, 0.25) is 0 Å². The number of hydrogen-bond donors (Lipinski definition) is 0. The highest BCUT2D eigenvalue weighted by atomic mass is 14.9. The Balaban J connectivity index is 1.34. The second kappa shape index (κ2) is 13.3. The van der Waals surface area contributed by atoms with Gasteiger partial charge < -0.3 is 0 Å². The molecule has 7 aromatic rings. The summed E-state index contributed by atoms with van der Waals surface area (Å²) in [7, 11) is 0. The van der Waals surface area contributed by atoms with E-state index in [1.165, 1.54) is 0 Å². The average molecular weight is 616 g/mol. The minimum absolute atomic E-state index is 0.549. The van der Waals surface area contributed by atoms with Crippen LogP contribution in [-0.2, 0) is 0 Å². The molecule has 5 heteroatoms. The fraction of sp³-hybridized carbons (Fsp3) is 0. The SMILES string of the molecule is C=Cc1nc(-c2cccc(C#N)c2)c(-c2cccc(-c3cccc(-c4nc(-c5ccccc5)cc(-c5ccccc5)n4)c3)c2)nc1C=C. The quantitative estimate of drug-likeness (QED) is 0.170. The molecule has 0 bridgehead atoms. The van der Waals surface area contributed by atoms with Gasteiger partial charge in [0, 0.05) is 27.8 Å². The van der Waals surface area contributed by atoms with Gasteiger partial charge in [0.1, 0.15) is 0 Å². The molecule has 0 aliphatic rings. The Bertz CT molecular complexity index is 2280. The van der Waals surface area contributed by atoms with E-state index in [0.717, 1.165) is 50.3 Å². The summed E-state index contributed by atoms with van der Waals surface area (Å²) in [5, 5.41) is 9.57. The van der Waals surface area contributed by atoms with Gasteiger partial charge >= 0.3 is 0 Å². The van der Waals surface area contributed by atoms with Gasteiger partial charge in [-0.3, -0.25) is 0 Å². The smallest absolute Gasteiger partial charge is 0.160 e. The first kappa shape index (κ1) is 29.9. The van der Waals surface area contributed by atoms with Gasteiger partial charge in [0.15, 0.2) is 5.82 Å². The van der Waals surface area contributed by atoms with Crippen LogP contribution < -0.4 is 0 Å². The first-order chi connectivity index (χ1) is 23.6. The molecule has 0 unspecified atom stereocenters. The number of aromatic nitrogens is 4. The van der Waals surface area contributed by atoms with Gasteiger partial charge in [-0.05, 0) is 53.6 Å². The molecule has 0 aliphatic carbocycles. The molecule has 0 aliphatic heterocycles. The van der Waals surface area contributed by atoms with Gasteiger partial charge in [-0.25, -0.2) is 19.9 Å². The van der Waals surface area contributed by atoms with Gasteiger partial charge in [0.25, 0.3) is 0 Å². The number of rotatable bonds is 8. The van der Waals surface area contributed by atoms with Crippen molar-refractivity contribution in [1.29, 1.82) is 5.26 Å². The third kappa shape index (κ3) is 6.06. The predicted molar refractivity (Wildman–Crippen MR) is 195 cm³/mol. The molecule has 0 N–H and O–H groups in total. The van der Waals surface area contributed by atoms with Crippen molar-refractivity contribution in [1.82, 2.24) is 19.9 Å². The van der Waals surface area contributed by atoms with E-state index in [9.17, 15) is 5.26 Å². The molecule has 0 amide bonds. The van der Waals surface area contributed by atoms with Crippen LogP contribution >= 0.6 is 0 Å².